The Labute approximate surface area is 186 Å². The van der Waals surface area contributed by atoms with Crippen LogP contribution in [0.5, 0.6) is 11.6 Å². The molecule has 3 aromatic carbocycles. The van der Waals surface area contributed by atoms with Gasteiger partial charge in [0.2, 0.25) is 5.88 Å². The Bertz CT molecular complexity index is 1230. The molecular weight excluding hydrogens is 403 g/mol. The van der Waals surface area contributed by atoms with Gasteiger partial charge in [0.05, 0.1) is 0 Å². The van der Waals surface area contributed by atoms with Crippen LogP contribution in [-0.4, -0.2) is 28.9 Å². The fourth-order valence-electron chi connectivity index (χ4n) is 4.27. The lowest BCUT2D eigenvalue weighted by atomic mass is 9.89. The molecule has 0 saturated carbocycles. The summed E-state index contributed by atoms with van der Waals surface area (Å²) in [6.45, 7) is 1.39. The molecule has 2 heterocycles. The lowest BCUT2D eigenvalue weighted by Crippen LogP contribution is -2.38. The van der Waals surface area contributed by atoms with E-state index in [0.29, 0.717) is 36.3 Å². The van der Waals surface area contributed by atoms with Crippen molar-refractivity contribution < 1.29 is 13.9 Å². The summed E-state index contributed by atoms with van der Waals surface area (Å²) in [7, 11) is 0. The normalized spacial score (nSPS) is 14.5. The number of hydrogen-bond acceptors (Lipinski definition) is 3. The van der Waals surface area contributed by atoms with Crippen LogP contribution in [0.15, 0.2) is 84.9 Å². The molecule has 0 N–H and O–H groups in total. The molecule has 1 amide bonds. The summed E-state index contributed by atoms with van der Waals surface area (Å²) < 4.78 is 19.2. The van der Waals surface area contributed by atoms with Crippen molar-refractivity contribution >= 4 is 16.7 Å². The van der Waals surface area contributed by atoms with Gasteiger partial charge in [0, 0.05) is 18.5 Å². The summed E-state index contributed by atoms with van der Waals surface area (Å²) in [5.41, 5.74) is 1.69. The highest BCUT2D eigenvalue weighted by Crippen LogP contribution is 2.31. The van der Waals surface area contributed by atoms with Crippen molar-refractivity contribution in [2.75, 3.05) is 13.1 Å². The summed E-state index contributed by atoms with van der Waals surface area (Å²) >= 11 is 0. The maximum atomic E-state index is 13.3. The van der Waals surface area contributed by atoms with Gasteiger partial charge in [0.25, 0.3) is 5.91 Å². The number of halogens is 1. The zero-order valence-corrected chi connectivity index (χ0v) is 17.6. The number of benzene rings is 3. The number of amides is 1. The van der Waals surface area contributed by atoms with Crippen LogP contribution in [0.2, 0.25) is 0 Å². The summed E-state index contributed by atoms with van der Waals surface area (Å²) in [4.78, 5) is 19.7. The number of rotatable bonds is 4. The van der Waals surface area contributed by atoms with Gasteiger partial charge in [-0.15, -0.1) is 0 Å². The van der Waals surface area contributed by atoms with Crippen LogP contribution < -0.4 is 4.74 Å². The van der Waals surface area contributed by atoms with E-state index in [4.69, 9.17) is 4.74 Å². The molecular formula is C27H23FN2O2. The number of nitrogens with zero attached hydrogens (tertiary/aromatic N) is 2. The monoisotopic (exact) mass is 426 g/mol. The van der Waals surface area contributed by atoms with Gasteiger partial charge in [0.15, 0.2) is 0 Å². The minimum absolute atomic E-state index is 0.0915. The van der Waals surface area contributed by atoms with Gasteiger partial charge in [-0.05, 0) is 66.1 Å². The third-order valence-electron chi connectivity index (χ3n) is 6.01. The van der Waals surface area contributed by atoms with E-state index < -0.39 is 0 Å². The molecule has 4 aromatic rings. The number of pyridine rings is 1. The molecule has 1 aliphatic heterocycles. The minimum atomic E-state index is -0.335. The van der Waals surface area contributed by atoms with Crippen molar-refractivity contribution in [1.82, 2.24) is 9.88 Å². The maximum absolute atomic E-state index is 13.3. The van der Waals surface area contributed by atoms with Crippen molar-refractivity contribution in [3.63, 3.8) is 0 Å². The second kappa shape index (κ2) is 8.79. The molecule has 5 rings (SSSR count). The second-order valence-electron chi connectivity index (χ2n) is 8.07. The average molecular weight is 426 g/mol. The summed E-state index contributed by atoms with van der Waals surface area (Å²) in [5, 5.41) is 1.68. The smallest absolute Gasteiger partial charge is 0.272 e. The molecule has 5 heteroatoms. The molecule has 0 aliphatic carbocycles. The number of carbonyl (C=O) groups excluding carboxylic acids is 1. The van der Waals surface area contributed by atoms with Crippen molar-refractivity contribution in [3.05, 3.63) is 102 Å². The first-order valence-electron chi connectivity index (χ1n) is 10.8. The molecule has 0 atom stereocenters. The molecule has 1 fully saturated rings. The van der Waals surface area contributed by atoms with Gasteiger partial charge in [-0.3, -0.25) is 4.79 Å². The quantitative estimate of drug-likeness (QED) is 0.391. The Kier molecular flexibility index (Phi) is 5.55. The molecule has 0 spiro atoms. The van der Waals surface area contributed by atoms with Crippen LogP contribution in [0, 0.1) is 5.82 Å². The average Bonchev–Trinajstić information content (AvgIpc) is 2.85. The van der Waals surface area contributed by atoms with Gasteiger partial charge >= 0.3 is 0 Å². The van der Waals surface area contributed by atoms with Crippen molar-refractivity contribution in [2.45, 2.75) is 18.8 Å². The molecule has 0 bridgehead atoms. The van der Waals surface area contributed by atoms with E-state index in [1.165, 1.54) is 17.7 Å². The predicted octanol–water partition coefficient (Wildman–Crippen LogP) is 6.19. The molecule has 1 saturated heterocycles. The highest BCUT2D eigenvalue weighted by Gasteiger charge is 2.26. The van der Waals surface area contributed by atoms with E-state index in [1.807, 2.05) is 41.3 Å². The van der Waals surface area contributed by atoms with E-state index in [9.17, 15) is 9.18 Å². The van der Waals surface area contributed by atoms with E-state index in [0.717, 1.165) is 23.6 Å². The number of piperidine rings is 1. The van der Waals surface area contributed by atoms with E-state index >= 15 is 0 Å². The van der Waals surface area contributed by atoms with E-state index in [-0.39, 0.29) is 11.7 Å². The van der Waals surface area contributed by atoms with Crippen molar-refractivity contribution in [3.8, 4) is 11.6 Å². The Morgan fingerprint density at radius 2 is 1.59 bits per heavy atom. The molecule has 4 nitrogen and oxygen atoms in total. The zero-order chi connectivity index (χ0) is 21.9. The second-order valence-corrected chi connectivity index (χ2v) is 8.07. The summed E-state index contributed by atoms with van der Waals surface area (Å²) in [6, 6.07) is 25.7. The molecule has 0 radical (unpaired) electrons. The SMILES string of the molecule is O=C(c1cc2ccccc2c(Oc2ccc(F)cc2)n1)N1CCC(c2ccccc2)CC1. The number of hydrogen-bond donors (Lipinski definition) is 0. The number of ether oxygens (including phenoxy) is 1. The number of likely N-dealkylation sites (tertiary alicyclic amines) is 1. The molecule has 0 unspecified atom stereocenters. The molecule has 1 aromatic heterocycles. The first-order valence-corrected chi connectivity index (χ1v) is 10.8. The minimum Gasteiger partial charge on any atom is -0.438 e. The fourth-order valence-corrected chi connectivity index (χ4v) is 4.27. The first-order chi connectivity index (χ1) is 15.7. The van der Waals surface area contributed by atoms with Gasteiger partial charge < -0.3 is 9.64 Å². The van der Waals surface area contributed by atoms with Crippen molar-refractivity contribution in [2.24, 2.45) is 0 Å². The highest BCUT2D eigenvalue weighted by atomic mass is 19.1. The maximum Gasteiger partial charge on any atom is 0.272 e. The van der Waals surface area contributed by atoms with Crippen LogP contribution in [0.3, 0.4) is 0 Å². The molecule has 32 heavy (non-hydrogen) atoms. The Morgan fingerprint density at radius 3 is 2.34 bits per heavy atom. The highest BCUT2D eigenvalue weighted by molar-refractivity contribution is 5.98. The van der Waals surface area contributed by atoms with E-state index in [2.05, 4.69) is 29.2 Å². The van der Waals surface area contributed by atoms with Crippen molar-refractivity contribution in [1.29, 1.82) is 0 Å². The van der Waals surface area contributed by atoms with E-state index in [1.54, 1.807) is 12.1 Å². The van der Waals surface area contributed by atoms with Gasteiger partial charge in [0.1, 0.15) is 17.3 Å². The largest absolute Gasteiger partial charge is 0.438 e. The van der Waals surface area contributed by atoms with Gasteiger partial charge in [-0.2, -0.15) is 0 Å². The molecule has 160 valence electrons. The fraction of sp³-hybridized carbons (Fsp3) is 0.185. The Morgan fingerprint density at radius 1 is 0.906 bits per heavy atom. The van der Waals surface area contributed by atoms with Gasteiger partial charge in [-0.25, -0.2) is 9.37 Å². The Hall–Kier alpha value is -3.73. The first kappa shape index (κ1) is 20.2. The predicted molar refractivity (Wildman–Crippen MR) is 123 cm³/mol. The molecule has 1 aliphatic rings. The topological polar surface area (TPSA) is 42.4 Å². The number of aromatic nitrogens is 1. The third-order valence-corrected chi connectivity index (χ3v) is 6.01. The standard InChI is InChI=1S/C27H23FN2O2/c28-22-10-12-23(13-11-22)32-26-24-9-5-4-8-21(24)18-25(29-26)27(31)30-16-14-20(15-17-30)19-6-2-1-3-7-19/h1-13,18,20H,14-17H2. The summed E-state index contributed by atoms with van der Waals surface area (Å²) in [5.74, 6) is 0.862. The van der Waals surface area contributed by atoms with Gasteiger partial charge in [-0.1, -0.05) is 48.5 Å². The lowest BCUT2D eigenvalue weighted by molar-refractivity contribution is 0.0706. The van der Waals surface area contributed by atoms with Crippen LogP contribution in [0.1, 0.15) is 34.8 Å². The van der Waals surface area contributed by atoms with Crippen LogP contribution in [0.4, 0.5) is 4.39 Å². The third kappa shape index (κ3) is 4.19. The zero-order valence-electron chi connectivity index (χ0n) is 17.6. The van der Waals surface area contributed by atoms with Crippen LogP contribution in [-0.2, 0) is 0 Å². The number of carbonyl (C=O) groups is 1. The number of fused-ring (bicyclic) bond motifs is 1. The van der Waals surface area contributed by atoms with Crippen LogP contribution >= 0.6 is 0 Å². The Balaban J connectivity index is 1.39. The summed E-state index contributed by atoms with van der Waals surface area (Å²) in [6.07, 6.45) is 1.87. The van der Waals surface area contributed by atoms with Crippen LogP contribution in [0.25, 0.3) is 10.8 Å². The lowest BCUT2D eigenvalue weighted by Gasteiger charge is -2.32.